The standard InChI is InChI=1S/C14H17N3O3/c15-11-3-1-10(7-11)14(18)16-6-5-9-2-4-12(17(19)20)8-13(9)16/h2,4,8,10-11H,1,3,5-7,15H2. The predicted molar refractivity (Wildman–Crippen MR) is 74.5 cm³/mol. The predicted octanol–water partition coefficient (Wildman–Crippen LogP) is 1.61. The number of nitrogens with zero attached hydrogens (tertiary/aromatic N) is 2. The molecule has 3 rings (SSSR count). The van der Waals surface area contributed by atoms with Crippen molar-refractivity contribution in [1.29, 1.82) is 0 Å². The second-order valence-electron chi connectivity index (χ2n) is 5.58. The van der Waals surface area contributed by atoms with E-state index in [0.717, 1.165) is 31.2 Å². The zero-order chi connectivity index (χ0) is 14.3. The van der Waals surface area contributed by atoms with Crippen LogP contribution in [0.5, 0.6) is 0 Å². The lowest BCUT2D eigenvalue weighted by Crippen LogP contribution is -2.34. The Morgan fingerprint density at radius 3 is 2.85 bits per heavy atom. The Morgan fingerprint density at radius 2 is 2.20 bits per heavy atom. The molecule has 1 aromatic rings. The van der Waals surface area contributed by atoms with Crippen LogP contribution in [0.4, 0.5) is 11.4 Å². The summed E-state index contributed by atoms with van der Waals surface area (Å²) >= 11 is 0. The molecular weight excluding hydrogens is 258 g/mol. The van der Waals surface area contributed by atoms with Crippen LogP contribution in [0.2, 0.25) is 0 Å². The average molecular weight is 275 g/mol. The average Bonchev–Trinajstić information content (AvgIpc) is 3.03. The number of non-ortho nitro benzene ring substituents is 1. The smallest absolute Gasteiger partial charge is 0.271 e. The topological polar surface area (TPSA) is 89.5 Å². The van der Waals surface area contributed by atoms with Crippen molar-refractivity contribution in [3.8, 4) is 0 Å². The van der Waals surface area contributed by atoms with Gasteiger partial charge in [0.05, 0.1) is 10.6 Å². The van der Waals surface area contributed by atoms with Gasteiger partial charge in [0.15, 0.2) is 0 Å². The summed E-state index contributed by atoms with van der Waals surface area (Å²) in [5.74, 6) is 0.0346. The number of hydrogen-bond acceptors (Lipinski definition) is 4. The highest BCUT2D eigenvalue weighted by Crippen LogP contribution is 2.35. The number of carbonyl (C=O) groups is 1. The number of hydrogen-bond donors (Lipinski definition) is 1. The summed E-state index contributed by atoms with van der Waals surface area (Å²) in [6.45, 7) is 0.612. The van der Waals surface area contributed by atoms with Gasteiger partial charge in [-0.2, -0.15) is 0 Å². The van der Waals surface area contributed by atoms with Gasteiger partial charge in [0.25, 0.3) is 5.69 Å². The summed E-state index contributed by atoms with van der Waals surface area (Å²) in [5, 5.41) is 10.9. The van der Waals surface area contributed by atoms with E-state index < -0.39 is 4.92 Å². The molecule has 1 heterocycles. The minimum absolute atomic E-state index is 0.0322. The maximum Gasteiger partial charge on any atom is 0.271 e. The summed E-state index contributed by atoms with van der Waals surface area (Å²) < 4.78 is 0. The molecule has 106 valence electrons. The van der Waals surface area contributed by atoms with E-state index in [1.165, 1.54) is 12.1 Å². The zero-order valence-corrected chi connectivity index (χ0v) is 11.1. The van der Waals surface area contributed by atoms with Crippen molar-refractivity contribution in [3.63, 3.8) is 0 Å². The molecular formula is C14H17N3O3. The molecule has 20 heavy (non-hydrogen) atoms. The van der Waals surface area contributed by atoms with Crippen molar-refractivity contribution in [2.75, 3.05) is 11.4 Å². The SMILES string of the molecule is NC1CCC(C(=O)N2CCc3ccc([N+](=O)[O-])cc32)C1. The number of amides is 1. The van der Waals surface area contributed by atoms with Crippen LogP contribution >= 0.6 is 0 Å². The second-order valence-corrected chi connectivity index (χ2v) is 5.58. The van der Waals surface area contributed by atoms with E-state index in [1.807, 2.05) is 0 Å². The fourth-order valence-electron chi connectivity index (χ4n) is 3.17. The van der Waals surface area contributed by atoms with Crippen molar-refractivity contribution in [3.05, 3.63) is 33.9 Å². The van der Waals surface area contributed by atoms with Gasteiger partial charge >= 0.3 is 0 Å². The lowest BCUT2D eigenvalue weighted by Gasteiger charge is -2.21. The van der Waals surface area contributed by atoms with Crippen LogP contribution in [-0.2, 0) is 11.2 Å². The molecule has 0 spiro atoms. The summed E-state index contributed by atoms with van der Waals surface area (Å²) in [6, 6.07) is 4.87. The Kier molecular flexibility index (Phi) is 3.17. The van der Waals surface area contributed by atoms with Crippen LogP contribution in [0.25, 0.3) is 0 Å². The van der Waals surface area contributed by atoms with E-state index >= 15 is 0 Å². The number of carbonyl (C=O) groups excluding carboxylic acids is 1. The fourth-order valence-corrected chi connectivity index (χ4v) is 3.17. The van der Waals surface area contributed by atoms with E-state index in [9.17, 15) is 14.9 Å². The summed E-state index contributed by atoms with van der Waals surface area (Å²) in [4.78, 5) is 24.7. The maximum absolute atomic E-state index is 12.5. The molecule has 2 atom stereocenters. The van der Waals surface area contributed by atoms with Crippen LogP contribution in [-0.4, -0.2) is 23.4 Å². The first-order chi connectivity index (χ1) is 9.56. The van der Waals surface area contributed by atoms with E-state index in [0.29, 0.717) is 12.2 Å². The maximum atomic E-state index is 12.5. The Hall–Kier alpha value is -1.95. The summed E-state index contributed by atoms with van der Waals surface area (Å²) in [7, 11) is 0. The molecule has 2 aliphatic rings. The summed E-state index contributed by atoms with van der Waals surface area (Å²) in [5.41, 5.74) is 7.60. The molecule has 1 amide bonds. The van der Waals surface area contributed by atoms with Crippen molar-refractivity contribution in [1.82, 2.24) is 0 Å². The van der Waals surface area contributed by atoms with Gasteiger partial charge < -0.3 is 10.6 Å². The Morgan fingerprint density at radius 1 is 1.40 bits per heavy atom. The number of nitro benzene ring substituents is 1. The van der Waals surface area contributed by atoms with Gasteiger partial charge in [-0.15, -0.1) is 0 Å². The van der Waals surface area contributed by atoms with Gasteiger partial charge in [0, 0.05) is 30.6 Å². The first-order valence-corrected chi connectivity index (χ1v) is 6.90. The number of benzene rings is 1. The minimum atomic E-state index is -0.424. The number of fused-ring (bicyclic) bond motifs is 1. The number of nitro groups is 1. The van der Waals surface area contributed by atoms with E-state index in [2.05, 4.69) is 0 Å². The van der Waals surface area contributed by atoms with E-state index in [1.54, 1.807) is 11.0 Å². The van der Waals surface area contributed by atoms with Crippen molar-refractivity contribution < 1.29 is 9.72 Å². The highest BCUT2D eigenvalue weighted by atomic mass is 16.6. The highest BCUT2D eigenvalue weighted by Gasteiger charge is 2.34. The molecule has 1 fully saturated rings. The lowest BCUT2D eigenvalue weighted by atomic mass is 10.1. The van der Waals surface area contributed by atoms with Gasteiger partial charge in [-0.1, -0.05) is 6.07 Å². The molecule has 1 aliphatic heterocycles. The van der Waals surface area contributed by atoms with Gasteiger partial charge in [-0.05, 0) is 31.2 Å². The number of rotatable bonds is 2. The molecule has 6 heteroatoms. The van der Waals surface area contributed by atoms with Crippen LogP contribution in [0.1, 0.15) is 24.8 Å². The highest BCUT2D eigenvalue weighted by molar-refractivity contribution is 5.97. The van der Waals surface area contributed by atoms with Gasteiger partial charge in [-0.25, -0.2) is 0 Å². The van der Waals surface area contributed by atoms with Crippen molar-refractivity contribution in [2.45, 2.75) is 31.7 Å². The molecule has 0 bridgehead atoms. The third-order valence-corrected chi connectivity index (χ3v) is 4.26. The largest absolute Gasteiger partial charge is 0.328 e. The molecule has 0 saturated heterocycles. The van der Waals surface area contributed by atoms with Gasteiger partial charge in [0.1, 0.15) is 0 Å². The third-order valence-electron chi connectivity index (χ3n) is 4.26. The molecule has 2 unspecified atom stereocenters. The van der Waals surface area contributed by atoms with Crippen molar-refractivity contribution >= 4 is 17.3 Å². The summed E-state index contributed by atoms with van der Waals surface area (Å²) in [6.07, 6.45) is 3.18. The number of nitrogens with two attached hydrogens (primary N) is 1. The van der Waals surface area contributed by atoms with Crippen molar-refractivity contribution in [2.24, 2.45) is 11.7 Å². The first-order valence-electron chi connectivity index (χ1n) is 6.90. The monoisotopic (exact) mass is 275 g/mol. The molecule has 1 saturated carbocycles. The molecule has 0 aromatic heterocycles. The third kappa shape index (κ3) is 2.16. The van der Waals surface area contributed by atoms with Crippen LogP contribution in [0.15, 0.2) is 18.2 Å². The van der Waals surface area contributed by atoms with Crippen LogP contribution in [0, 0.1) is 16.0 Å². The van der Waals surface area contributed by atoms with E-state index in [4.69, 9.17) is 5.73 Å². The molecule has 0 radical (unpaired) electrons. The molecule has 6 nitrogen and oxygen atoms in total. The quantitative estimate of drug-likeness (QED) is 0.656. The Labute approximate surface area is 116 Å². The lowest BCUT2D eigenvalue weighted by molar-refractivity contribution is -0.384. The van der Waals surface area contributed by atoms with Crippen LogP contribution in [0.3, 0.4) is 0 Å². The molecule has 2 N–H and O–H groups in total. The van der Waals surface area contributed by atoms with Gasteiger partial charge in [-0.3, -0.25) is 14.9 Å². The number of anilines is 1. The fraction of sp³-hybridized carbons (Fsp3) is 0.500. The Bertz CT molecular complexity index is 573. The molecule has 1 aromatic carbocycles. The van der Waals surface area contributed by atoms with Crippen LogP contribution < -0.4 is 10.6 Å². The zero-order valence-electron chi connectivity index (χ0n) is 11.1. The Balaban J connectivity index is 1.86. The minimum Gasteiger partial charge on any atom is -0.328 e. The second kappa shape index (κ2) is 4.86. The normalized spacial score (nSPS) is 24.8. The molecule has 1 aliphatic carbocycles. The van der Waals surface area contributed by atoms with Gasteiger partial charge in [0.2, 0.25) is 5.91 Å². The first kappa shape index (κ1) is 13.1. The van der Waals surface area contributed by atoms with E-state index in [-0.39, 0.29) is 23.6 Å².